The number of nitrogens with zero attached hydrogens (tertiary/aromatic N) is 1. The van der Waals surface area contributed by atoms with E-state index in [2.05, 4.69) is 5.32 Å². The first-order valence-corrected chi connectivity index (χ1v) is 6.07. The number of amides is 1. The Morgan fingerprint density at radius 1 is 1.22 bits per heavy atom. The number of ether oxygens (including phenoxy) is 1. The van der Waals surface area contributed by atoms with Gasteiger partial charge in [0.1, 0.15) is 5.75 Å². The van der Waals surface area contributed by atoms with Gasteiger partial charge >= 0.3 is 0 Å². The van der Waals surface area contributed by atoms with Gasteiger partial charge in [-0.15, -0.1) is 0 Å². The molecule has 1 N–H and O–H groups in total. The fourth-order valence-electron chi connectivity index (χ4n) is 1.82. The Kier molecular flexibility index (Phi) is 5.16. The SMILES string of the molecule is COc1ccc(C(C)NC(C)C(=O)N(C)C)cc1. The lowest BCUT2D eigenvalue weighted by atomic mass is 10.1. The molecule has 0 saturated carbocycles. The molecule has 0 fully saturated rings. The van der Waals surface area contributed by atoms with Gasteiger partial charge in [-0.05, 0) is 31.5 Å². The Labute approximate surface area is 109 Å². The van der Waals surface area contributed by atoms with Crippen LogP contribution in [0.25, 0.3) is 0 Å². The fourth-order valence-corrected chi connectivity index (χ4v) is 1.82. The highest BCUT2D eigenvalue weighted by atomic mass is 16.5. The Balaban J connectivity index is 2.64. The van der Waals surface area contributed by atoms with E-state index in [0.717, 1.165) is 11.3 Å². The van der Waals surface area contributed by atoms with Crippen molar-refractivity contribution in [1.29, 1.82) is 0 Å². The number of benzene rings is 1. The van der Waals surface area contributed by atoms with Crippen LogP contribution in [0, 0.1) is 0 Å². The van der Waals surface area contributed by atoms with E-state index in [0.29, 0.717) is 0 Å². The van der Waals surface area contributed by atoms with Crippen LogP contribution in [-0.2, 0) is 4.79 Å². The maximum atomic E-state index is 11.8. The molecule has 0 aliphatic heterocycles. The van der Waals surface area contributed by atoms with Gasteiger partial charge in [0.2, 0.25) is 5.91 Å². The molecule has 18 heavy (non-hydrogen) atoms. The highest BCUT2D eigenvalue weighted by Gasteiger charge is 2.17. The second-order valence-electron chi connectivity index (χ2n) is 4.62. The summed E-state index contributed by atoms with van der Waals surface area (Å²) in [4.78, 5) is 13.3. The first-order chi connectivity index (χ1) is 8.45. The standard InChI is InChI=1S/C14H22N2O2/c1-10(15-11(2)14(17)16(3)4)12-6-8-13(18-5)9-7-12/h6-11,15H,1-5H3. The van der Waals surface area contributed by atoms with Crippen molar-refractivity contribution in [2.24, 2.45) is 0 Å². The average Bonchev–Trinajstić information content (AvgIpc) is 2.37. The summed E-state index contributed by atoms with van der Waals surface area (Å²) in [5.74, 6) is 0.915. The Bertz CT molecular complexity index is 387. The lowest BCUT2D eigenvalue weighted by molar-refractivity contribution is -0.130. The lowest BCUT2D eigenvalue weighted by Gasteiger charge is -2.22. The van der Waals surface area contributed by atoms with Crippen LogP contribution in [0.4, 0.5) is 0 Å². The normalized spacial score (nSPS) is 13.8. The van der Waals surface area contributed by atoms with Crippen molar-refractivity contribution in [1.82, 2.24) is 10.2 Å². The van der Waals surface area contributed by atoms with Crippen LogP contribution in [0.3, 0.4) is 0 Å². The number of rotatable bonds is 5. The lowest BCUT2D eigenvalue weighted by Crippen LogP contribution is -2.42. The van der Waals surface area contributed by atoms with Gasteiger partial charge in [-0.3, -0.25) is 10.1 Å². The third-order valence-electron chi connectivity index (χ3n) is 2.93. The summed E-state index contributed by atoms with van der Waals surface area (Å²) in [5.41, 5.74) is 1.13. The average molecular weight is 250 g/mol. The molecule has 1 aromatic rings. The highest BCUT2D eigenvalue weighted by molar-refractivity contribution is 5.80. The zero-order valence-electron chi connectivity index (χ0n) is 11.7. The van der Waals surface area contributed by atoms with Crippen molar-refractivity contribution in [2.75, 3.05) is 21.2 Å². The Morgan fingerprint density at radius 2 is 1.78 bits per heavy atom. The van der Waals surface area contributed by atoms with E-state index in [1.54, 1.807) is 26.1 Å². The Hall–Kier alpha value is -1.55. The van der Waals surface area contributed by atoms with Crippen molar-refractivity contribution >= 4 is 5.91 Å². The summed E-state index contributed by atoms with van der Waals surface area (Å²) in [7, 11) is 5.17. The quantitative estimate of drug-likeness (QED) is 0.866. The molecule has 2 atom stereocenters. The molecular formula is C14H22N2O2. The number of likely N-dealkylation sites (N-methyl/N-ethyl adjacent to an activating group) is 1. The summed E-state index contributed by atoms with van der Waals surface area (Å²) in [5, 5.41) is 3.28. The molecule has 0 aliphatic rings. The van der Waals surface area contributed by atoms with Crippen molar-refractivity contribution in [3.8, 4) is 5.75 Å². The van der Waals surface area contributed by atoms with Crippen LogP contribution in [-0.4, -0.2) is 38.1 Å². The summed E-state index contributed by atoms with van der Waals surface area (Å²) in [6.07, 6.45) is 0. The Morgan fingerprint density at radius 3 is 2.22 bits per heavy atom. The zero-order valence-corrected chi connectivity index (χ0v) is 11.7. The third kappa shape index (κ3) is 3.74. The van der Waals surface area contributed by atoms with E-state index < -0.39 is 0 Å². The van der Waals surface area contributed by atoms with E-state index >= 15 is 0 Å². The van der Waals surface area contributed by atoms with Crippen LogP contribution in [0.1, 0.15) is 25.5 Å². The largest absolute Gasteiger partial charge is 0.497 e. The first-order valence-electron chi connectivity index (χ1n) is 6.07. The van der Waals surface area contributed by atoms with Crippen molar-refractivity contribution in [3.63, 3.8) is 0 Å². The van der Waals surface area contributed by atoms with Crippen molar-refractivity contribution < 1.29 is 9.53 Å². The number of carbonyl (C=O) groups excluding carboxylic acids is 1. The number of nitrogens with one attached hydrogen (secondary N) is 1. The number of carbonyl (C=O) groups is 1. The second-order valence-corrected chi connectivity index (χ2v) is 4.62. The van der Waals surface area contributed by atoms with E-state index in [4.69, 9.17) is 4.74 Å². The van der Waals surface area contributed by atoms with E-state index in [1.165, 1.54) is 0 Å². The van der Waals surface area contributed by atoms with Crippen LogP contribution >= 0.6 is 0 Å². The molecule has 1 rings (SSSR count). The number of methoxy groups -OCH3 is 1. The minimum Gasteiger partial charge on any atom is -0.497 e. The van der Waals surface area contributed by atoms with Crippen molar-refractivity contribution in [3.05, 3.63) is 29.8 Å². The maximum absolute atomic E-state index is 11.8. The molecule has 0 bridgehead atoms. The summed E-state index contributed by atoms with van der Waals surface area (Å²) < 4.78 is 5.12. The van der Waals surface area contributed by atoms with Crippen LogP contribution in [0.2, 0.25) is 0 Å². The van der Waals surface area contributed by atoms with Crippen LogP contribution in [0.5, 0.6) is 5.75 Å². The fraction of sp³-hybridized carbons (Fsp3) is 0.500. The summed E-state index contributed by atoms with van der Waals surface area (Å²) in [6.45, 7) is 3.92. The second kappa shape index (κ2) is 6.40. The molecule has 0 heterocycles. The maximum Gasteiger partial charge on any atom is 0.238 e. The molecule has 1 aromatic carbocycles. The smallest absolute Gasteiger partial charge is 0.238 e. The third-order valence-corrected chi connectivity index (χ3v) is 2.93. The molecular weight excluding hydrogens is 228 g/mol. The van der Waals surface area contributed by atoms with Gasteiger partial charge < -0.3 is 9.64 Å². The van der Waals surface area contributed by atoms with Gasteiger partial charge in [0, 0.05) is 20.1 Å². The number of hydrogen-bond donors (Lipinski definition) is 1. The molecule has 4 nitrogen and oxygen atoms in total. The topological polar surface area (TPSA) is 41.6 Å². The molecule has 100 valence electrons. The number of hydrogen-bond acceptors (Lipinski definition) is 3. The van der Waals surface area contributed by atoms with Crippen LogP contribution < -0.4 is 10.1 Å². The monoisotopic (exact) mass is 250 g/mol. The predicted molar refractivity (Wildman–Crippen MR) is 72.7 cm³/mol. The molecule has 1 amide bonds. The first kappa shape index (κ1) is 14.5. The summed E-state index contributed by atoms with van der Waals surface area (Å²) in [6, 6.07) is 7.77. The highest BCUT2D eigenvalue weighted by Crippen LogP contribution is 2.17. The predicted octanol–water partition coefficient (Wildman–Crippen LogP) is 1.82. The molecule has 0 saturated heterocycles. The van der Waals surface area contributed by atoms with Gasteiger partial charge in [0.15, 0.2) is 0 Å². The van der Waals surface area contributed by atoms with E-state index in [-0.39, 0.29) is 18.0 Å². The molecule has 0 spiro atoms. The van der Waals surface area contributed by atoms with Gasteiger partial charge in [-0.2, -0.15) is 0 Å². The van der Waals surface area contributed by atoms with E-state index in [9.17, 15) is 4.79 Å². The van der Waals surface area contributed by atoms with Crippen LogP contribution in [0.15, 0.2) is 24.3 Å². The molecule has 2 unspecified atom stereocenters. The molecule has 4 heteroatoms. The molecule has 0 aliphatic carbocycles. The van der Waals surface area contributed by atoms with Gasteiger partial charge in [-0.1, -0.05) is 12.1 Å². The van der Waals surface area contributed by atoms with Crippen molar-refractivity contribution in [2.45, 2.75) is 25.9 Å². The molecule has 0 radical (unpaired) electrons. The summed E-state index contributed by atoms with van der Waals surface area (Å²) >= 11 is 0. The van der Waals surface area contributed by atoms with Gasteiger partial charge in [0.25, 0.3) is 0 Å². The zero-order chi connectivity index (χ0) is 13.7. The van der Waals surface area contributed by atoms with Gasteiger partial charge in [-0.25, -0.2) is 0 Å². The minimum atomic E-state index is -0.197. The minimum absolute atomic E-state index is 0.0790. The molecule has 0 aromatic heterocycles. The van der Waals surface area contributed by atoms with Gasteiger partial charge in [0.05, 0.1) is 13.2 Å². The van der Waals surface area contributed by atoms with E-state index in [1.807, 2.05) is 38.1 Å².